The van der Waals surface area contributed by atoms with Crippen LogP contribution in [0.5, 0.6) is 0 Å². The Balaban J connectivity index is 1.27. The van der Waals surface area contributed by atoms with E-state index in [9.17, 15) is 4.39 Å². The smallest absolute Gasteiger partial charge is 0.199 e. The van der Waals surface area contributed by atoms with Crippen LogP contribution in [0, 0.1) is 23.2 Å². The highest BCUT2D eigenvalue weighted by Gasteiger charge is 2.25. The zero-order valence-electron chi connectivity index (χ0n) is 21.2. The van der Waals surface area contributed by atoms with Crippen LogP contribution >= 0.6 is 0 Å². The SMILES string of the molecule is CCCCCc1ccc(C2CCC(OCC3CCC(CCC=CC=C(F)C#N)CC3)CC2)cc1. The normalized spacial score (nSPS) is 26.0. The molecular formula is C31H44FNO. The van der Waals surface area contributed by atoms with E-state index in [1.807, 2.05) is 6.08 Å². The van der Waals surface area contributed by atoms with Gasteiger partial charge in [0.15, 0.2) is 5.83 Å². The summed E-state index contributed by atoms with van der Waals surface area (Å²) in [5.74, 6) is 1.48. The van der Waals surface area contributed by atoms with Crippen molar-refractivity contribution in [2.24, 2.45) is 11.8 Å². The van der Waals surface area contributed by atoms with E-state index < -0.39 is 5.83 Å². The van der Waals surface area contributed by atoms with E-state index in [4.69, 9.17) is 10.00 Å². The van der Waals surface area contributed by atoms with Crippen LogP contribution in [0.15, 0.2) is 48.3 Å². The number of nitriles is 1. The lowest BCUT2D eigenvalue weighted by atomic mass is 9.80. The van der Waals surface area contributed by atoms with Crippen molar-refractivity contribution in [2.45, 2.75) is 109 Å². The molecule has 2 saturated carbocycles. The van der Waals surface area contributed by atoms with Crippen LogP contribution < -0.4 is 0 Å². The molecule has 3 heteroatoms. The number of rotatable bonds is 12. The first-order valence-electron chi connectivity index (χ1n) is 13.8. The molecule has 1 aromatic carbocycles. The molecule has 186 valence electrons. The van der Waals surface area contributed by atoms with Crippen molar-refractivity contribution in [3.8, 4) is 6.07 Å². The van der Waals surface area contributed by atoms with Crippen LogP contribution in [0.1, 0.15) is 107 Å². The topological polar surface area (TPSA) is 33.0 Å². The molecule has 3 rings (SSSR count). The summed E-state index contributed by atoms with van der Waals surface area (Å²) < 4.78 is 19.1. The molecule has 2 aliphatic rings. The van der Waals surface area contributed by atoms with Gasteiger partial charge in [0, 0.05) is 6.61 Å². The maximum atomic E-state index is 12.8. The summed E-state index contributed by atoms with van der Waals surface area (Å²) in [6, 6.07) is 11.0. The molecule has 0 heterocycles. The van der Waals surface area contributed by atoms with Crippen LogP contribution in [0.2, 0.25) is 0 Å². The lowest BCUT2D eigenvalue weighted by Crippen LogP contribution is -2.25. The van der Waals surface area contributed by atoms with Gasteiger partial charge in [-0.3, -0.25) is 0 Å². The summed E-state index contributed by atoms with van der Waals surface area (Å²) in [5, 5.41) is 8.40. The van der Waals surface area contributed by atoms with Gasteiger partial charge in [-0.05, 0) is 99.2 Å². The Kier molecular flexibility index (Phi) is 11.9. The summed E-state index contributed by atoms with van der Waals surface area (Å²) in [4.78, 5) is 0. The maximum absolute atomic E-state index is 12.8. The number of allylic oxidation sites excluding steroid dienone is 4. The predicted molar refractivity (Wildman–Crippen MR) is 139 cm³/mol. The summed E-state index contributed by atoms with van der Waals surface area (Å²) >= 11 is 0. The lowest BCUT2D eigenvalue weighted by molar-refractivity contribution is -0.00474. The van der Waals surface area contributed by atoms with Crippen molar-refractivity contribution >= 4 is 0 Å². The van der Waals surface area contributed by atoms with Crippen molar-refractivity contribution in [1.82, 2.24) is 0 Å². The molecule has 0 saturated heterocycles. The maximum Gasteiger partial charge on any atom is 0.199 e. The first-order valence-corrected chi connectivity index (χ1v) is 13.8. The van der Waals surface area contributed by atoms with Gasteiger partial charge < -0.3 is 4.74 Å². The van der Waals surface area contributed by atoms with Gasteiger partial charge in [-0.2, -0.15) is 9.65 Å². The first-order chi connectivity index (χ1) is 16.7. The summed E-state index contributed by atoms with van der Waals surface area (Å²) in [6.07, 6.45) is 22.6. The highest BCUT2D eigenvalue weighted by atomic mass is 19.1. The second kappa shape index (κ2) is 15.2. The minimum absolute atomic E-state index is 0.453. The highest BCUT2D eigenvalue weighted by Crippen LogP contribution is 2.36. The molecule has 0 aromatic heterocycles. The fourth-order valence-electron chi connectivity index (χ4n) is 5.68. The Morgan fingerprint density at radius 1 is 1.00 bits per heavy atom. The fraction of sp³-hybridized carbons (Fsp3) is 0.645. The van der Waals surface area contributed by atoms with Crippen molar-refractivity contribution in [3.63, 3.8) is 0 Å². The second-order valence-corrected chi connectivity index (χ2v) is 10.5. The third kappa shape index (κ3) is 9.38. The molecular weight excluding hydrogens is 421 g/mol. The molecule has 0 radical (unpaired) electrons. The quantitative estimate of drug-likeness (QED) is 0.175. The summed E-state index contributed by atoms with van der Waals surface area (Å²) in [7, 11) is 0. The molecule has 2 aliphatic carbocycles. The lowest BCUT2D eigenvalue weighted by Gasteiger charge is -2.32. The monoisotopic (exact) mass is 465 g/mol. The number of aryl methyl sites for hydroxylation is 1. The number of nitrogens with zero attached hydrogens (tertiary/aromatic N) is 1. The number of unbranched alkanes of at least 4 members (excludes halogenated alkanes) is 2. The molecule has 2 nitrogen and oxygen atoms in total. The van der Waals surface area contributed by atoms with Gasteiger partial charge in [0.2, 0.25) is 0 Å². The van der Waals surface area contributed by atoms with Crippen molar-refractivity contribution in [2.75, 3.05) is 6.61 Å². The Hall–Kier alpha value is -1.92. The molecule has 0 bridgehead atoms. The molecule has 1 aromatic rings. The second-order valence-electron chi connectivity index (χ2n) is 10.5. The zero-order chi connectivity index (χ0) is 24.0. The van der Waals surface area contributed by atoms with Gasteiger partial charge in [-0.1, -0.05) is 69.0 Å². The van der Waals surface area contributed by atoms with Crippen LogP contribution in [0.3, 0.4) is 0 Å². The molecule has 2 fully saturated rings. The Labute approximate surface area is 207 Å². The van der Waals surface area contributed by atoms with Crippen LogP contribution in [-0.2, 0) is 11.2 Å². The van der Waals surface area contributed by atoms with E-state index in [1.165, 1.54) is 100 Å². The number of ether oxygens (including phenoxy) is 1. The molecule has 0 spiro atoms. The molecule has 0 N–H and O–H groups in total. The minimum Gasteiger partial charge on any atom is -0.378 e. The van der Waals surface area contributed by atoms with Crippen molar-refractivity contribution in [3.05, 3.63) is 59.4 Å². The molecule has 0 amide bonds. The van der Waals surface area contributed by atoms with Crippen molar-refractivity contribution in [1.29, 1.82) is 5.26 Å². The molecule has 0 aliphatic heterocycles. The largest absolute Gasteiger partial charge is 0.378 e. The van der Waals surface area contributed by atoms with E-state index in [0.717, 1.165) is 31.3 Å². The van der Waals surface area contributed by atoms with Gasteiger partial charge in [-0.25, -0.2) is 0 Å². The molecule has 34 heavy (non-hydrogen) atoms. The molecule has 0 unspecified atom stereocenters. The Bertz CT molecular complexity index is 790. The summed E-state index contributed by atoms with van der Waals surface area (Å²) in [6.45, 7) is 3.20. The third-order valence-corrected chi connectivity index (χ3v) is 7.96. The Morgan fingerprint density at radius 2 is 1.71 bits per heavy atom. The zero-order valence-corrected chi connectivity index (χ0v) is 21.2. The van der Waals surface area contributed by atoms with Gasteiger partial charge in [-0.15, -0.1) is 0 Å². The third-order valence-electron chi connectivity index (χ3n) is 7.96. The highest BCUT2D eigenvalue weighted by molar-refractivity contribution is 5.26. The standard InChI is InChI=1S/C31H44FNO/c1-2-3-5-8-26-15-17-28(18-16-26)29-19-21-31(22-20-29)34-24-27-13-11-25(12-14-27)9-6-4-7-10-30(32)23-33/h4,7,10,15-18,25,27,29,31H,2-3,5-6,8-9,11-14,19-22,24H2,1H3. The van der Waals surface area contributed by atoms with E-state index in [0.29, 0.717) is 12.0 Å². The number of hydrogen-bond donors (Lipinski definition) is 0. The summed E-state index contributed by atoms with van der Waals surface area (Å²) in [5.41, 5.74) is 3.01. The average molecular weight is 466 g/mol. The fourth-order valence-corrected chi connectivity index (χ4v) is 5.68. The van der Waals surface area contributed by atoms with Gasteiger partial charge in [0.1, 0.15) is 6.07 Å². The predicted octanol–water partition coefficient (Wildman–Crippen LogP) is 8.98. The van der Waals surface area contributed by atoms with E-state index in [-0.39, 0.29) is 0 Å². The van der Waals surface area contributed by atoms with Gasteiger partial charge >= 0.3 is 0 Å². The van der Waals surface area contributed by atoms with Crippen LogP contribution in [0.25, 0.3) is 0 Å². The van der Waals surface area contributed by atoms with Crippen LogP contribution in [0.4, 0.5) is 4.39 Å². The van der Waals surface area contributed by atoms with Crippen molar-refractivity contribution < 1.29 is 9.13 Å². The minimum atomic E-state index is -0.725. The average Bonchev–Trinajstić information content (AvgIpc) is 2.89. The van der Waals surface area contributed by atoms with Crippen LogP contribution in [-0.4, -0.2) is 12.7 Å². The van der Waals surface area contributed by atoms with Gasteiger partial charge in [0.05, 0.1) is 6.10 Å². The van der Waals surface area contributed by atoms with E-state index >= 15 is 0 Å². The molecule has 0 atom stereocenters. The Morgan fingerprint density at radius 3 is 2.38 bits per heavy atom. The van der Waals surface area contributed by atoms with E-state index in [1.54, 1.807) is 6.08 Å². The number of halogens is 1. The number of benzene rings is 1. The van der Waals surface area contributed by atoms with E-state index in [2.05, 4.69) is 31.2 Å². The number of hydrogen-bond acceptors (Lipinski definition) is 2. The first kappa shape index (κ1) is 26.7. The van der Waals surface area contributed by atoms with Gasteiger partial charge in [0.25, 0.3) is 0 Å².